The lowest BCUT2D eigenvalue weighted by molar-refractivity contribution is -0.343. The molecule has 1 N–H and O–H groups in total. The van der Waals surface area contributed by atoms with Crippen LogP contribution in [-0.2, 0) is 4.84 Å². The van der Waals surface area contributed by atoms with Gasteiger partial charge in [0.15, 0.2) is 0 Å². The van der Waals surface area contributed by atoms with Crippen molar-refractivity contribution < 1.29 is 27.5 Å². The minimum absolute atomic E-state index is 0.132. The van der Waals surface area contributed by atoms with E-state index in [1.165, 1.54) is 23.8 Å². The van der Waals surface area contributed by atoms with Crippen LogP contribution in [0.5, 0.6) is 11.6 Å². The molecule has 0 saturated heterocycles. The van der Waals surface area contributed by atoms with E-state index >= 15 is 0 Å². The third-order valence-electron chi connectivity index (χ3n) is 2.23. The molecule has 1 aromatic heterocycles. The van der Waals surface area contributed by atoms with Crippen LogP contribution in [0.15, 0.2) is 48.7 Å². The molecule has 0 atom stereocenters. The molecule has 1 aromatic carbocycles. The van der Waals surface area contributed by atoms with Gasteiger partial charge in [0.2, 0.25) is 5.88 Å². The average Bonchev–Trinajstić information content (AvgIpc) is 2.46. The summed E-state index contributed by atoms with van der Waals surface area (Å²) in [5, 5.41) is 0. The highest BCUT2D eigenvalue weighted by molar-refractivity contribution is 5.95. The second kappa shape index (κ2) is 6.23. The Morgan fingerprint density at radius 3 is 2.48 bits per heavy atom. The molecular weight excluding hydrogens is 289 g/mol. The van der Waals surface area contributed by atoms with Crippen molar-refractivity contribution in [3.05, 3.63) is 54.2 Å². The Morgan fingerprint density at radius 1 is 1.10 bits per heavy atom. The first-order chi connectivity index (χ1) is 9.96. The summed E-state index contributed by atoms with van der Waals surface area (Å²) in [5.41, 5.74) is 1.09. The minimum Gasteiger partial charge on any atom is -0.438 e. The summed E-state index contributed by atoms with van der Waals surface area (Å²) < 4.78 is 41.0. The lowest BCUT2D eigenvalue weighted by Crippen LogP contribution is -2.31. The van der Waals surface area contributed by atoms with Gasteiger partial charge in [-0.15, -0.1) is 13.2 Å². The molecule has 8 heteroatoms. The topological polar surface area (TPSA) is 60.5 Å². The minimum atomic E-state index is -4.97. The molecule has 2 rings (SSSR count). The zero-order chi connectivity index (χ0) is 15.3. The molecule has 0 aliphatic carbocycles. The normalized spacial score (nSPS) is 11.0. The van der Waals surface area contributed by atoms with Crippen LogP contribution >= 0.6 is 0 Å². The molecule has 0 saturated carbocycles. The van der Waals surface area contributed by atoms with E-state index in [-0.39, 0.29) is 11.4 Å². The van der Waals surface area contributed by atoms with E-state index in [0.717, 1.165) is 0 Å². The van der Waals surface area contributed by atoms with E-state index in [1.54, 1.807) is 30.3 Å². The van der Waals surface area contributed by atoms with Crippen LogP contribution < -0.4 is 10.2 Å². The molecule has 0 unspecified atom stereocenters. The lowest BCUT2D eigenvalue weighted by atomic mass is 10.2. The molecule has 1 heterocycles. The molecule has 0 bridgehead atoms. The van der Waals surface area contributed by atoms with Gasteiger partial charge in [0.05, 0.1) is 0 Å². The number of hydrogen-bond donors (Lipinski definition) is 1. The van der Waals surface area contributed by atoms with Gasteiger partial charge in [-0.25, -0.2) is 10.5 Å². The van der Waals surface area contributed by atoms with Crippen LogP contribution in [0, 0.1) is 0 Å². The van der Waals surface area contributed by atoms with Crippen molar-refractivity contribution >= 4 is 5.91 Å². The number of aromatic nitrogens is 1. The molecule has 1 amide bonds. The molecule has 0 fully saturated rings. The van der Waals surface area contributed by atoms with Crippen molar-refractivity contribution in [2.75, 3.05) is 0 Å². The largest absolute Gasteiger partial charge is 0.543 e. The summed E-state index contributed by atoms with van der Waals surface area (Å²) in [5.74, 6) is -0.861. The Kier molecular flexibility index (Phi) is 4.39. The Labute approximate surface area is 117 Å². The van der Waals surface area contributed by atoms with Gasteiger partial charge in [-0.3, -0.25) is 4.79 Å². The number of hydroxylamine groups is 1. The van der Waals surface area contributed by atoms with E-state index in [4.69, 9.17) is 4.74 Å². The van der Waals surface area contributed by atoms with Gasteiger partial charge in [-0.05, 0) is 24.3 Å². The van der Waals surface area contributed by atoms with Gasteiger partial charge >= 0.3 is 6.36 Å². The Morgan fingerprint density at radius 2 is 1.81 bits per heavy atom. The summed E-state index contributed by atoms with van der Waals surface area (Å²) in [6.07, 6.45) is -3.63. The highest BCUT2D eigenvalue weighted by Crippen LogP contribution is 2.23. The monoisotopic (exact) mass is 298 g/mol. The Balaban J connectivity index is 2.15. The molecule has 21 heavy (non-hydrogen) atoms. The second-order valence-corrected chi connectivity index (χ2v) is 3.75. The molecule has 110 valence electrons. The number of carbonyl (C=O) groups is 1. The predicted molar refractivity (Wildman–Crippen MR) is 65.4 cm³/mol. The zero-order valence-corrected chi connectivity index (χ0v) is 10.4. The molecular formula is C13H9F3N2O3. The first-order valence-electron chi connectivity index (χ1n) is 5.69. The van der Waals surface area contributed by atoms with Crippen molar-refractivity contribution in [1.82, 2.24) is 10.5 Å². The molecule has 0 aliphatic rings. The number of rotatable bonds is 4. The fourth-order valence-electron chi connectivity index (χ4n) is 1.40. The van der Waals surface area contributed by atoms with Crippen LogP contribution in [0.1, 0.15) is 10.4 Å². The molecule has 0 aliphatic heterocycles. The van der Waals surface area contributed by atoms with Gasteiger partial charge in [0.1, 0.15) is 11.3 Å². The van der Waals surface area contributed by atoms with Gasteiger partial charge in [-0.1, -0.05) is 18.2 Å². The van der Waals surface area contributed by atoms with E-state index in [9.17, 15) is 18.0 Å². The van der Waals surface area contributed by atoms with Crippen molar-refractivity contribution in [1.29, 1.82) is 0 Å². The number of para-hydroxylation sites is 1. The number of carbonyl (C=O) groups excluding carboxylic acids is 1. The predicted octanol–water partition coefficient (Wildman–Crippen LogP) is 3.06. The number of nitrogens with one attached hydrogen (secondary N) is 1. The Bertz CT molecular complexity index is 618. The fourth-order valence-corrected chi connectivity index (χ4v) is 1.40. The summed E-state index contributed by atoms with van der Waals surface area (Å²) >= 11 is 0. The smallest absolute Gasteiger partial charge is 0.438 e. The highest BCUT2D eigenvalue weighted by atomic mass is 19.4. The van der Waals surface area contributed by atoms with Crippen LogP contribution in [0.4, 0.5) is 13.2 Å². The van der Waals surface area contributed by atoms with Crippen molar-refractivity contribution in [3.8, 4) is 11.6 Å². The van der Waals surface area contributed by atoms with Gasteiger partial charge in [-0.2, -0.15) is 4.84 Å². The quantitative estimate of drug-likeness (QED) is 0.881. The first-order valence-corrected chi connectivity index (χ1v) is 5.69. The Hall–Kier alpha value is -2.61. The SMILES string of the molecule is O=C(NOC(F)(F)F)c1cccnc1Oc1ccccc1. The van der Waals surface area contributed by atoms with E-state index < -0.39 is 12.3 Å². The van der Waals surface area contributed by atoms with E-state index in [0.29, 0.717) is 5.75 Å². The number of alkyl halides is 3. The third kappa shape index (κ3) is 4.46. The van der Waals surface area contributed by atoms with Crippen LogP contribution in [0.25, 0.3) is 0 Å². The van der Waals surface area contributed by atoms with E-state index in [1.807, 2.05) is 0 Å². The number of ether oxygens (including phenoxy) is 1. The van der Waals surface area contributed by atoms with Gasteiger partial charge < -0.3 is 4.74 Å². The summed E-state index contributed by atoms with van der Waals surface area (Å²) in [4.78, 5) is 18.7. The molecule has 0 radical (unpaired) electrons. The number of pyridine rings is 1. The third-order valence-corrected chi connectivity index (χ3v) is 2.23. The maximum atomic E-state index is 11.9. The van der Waals surface area contributed by atoms with Gasteiger partial charge in [0, 0.05) is 6.20 Å². The highest BCUT2D eigenvalue weighted by Gasteiger charge is 2.31. The average molecular weight is 298 g/mol. The maximum Gasteiger partial charge on any atom is 0.543 e. The van der Waals surface area contributed by atoms with Crippen molar-refractivity contribution in [2.45, 2.75) is 6.36 Å². The van der Waals surface area contributed by atoms with E-state index in [2.05, 4.69) is 9.82 Å². The molecule has 2 aromatic rings. The summed E-state index contributed by atoms with van der Waals surface area (Å²) in [6.45, 7) is 0. The first kappa shape index (κ1) is 14.8. The van der Waals surface area contributed by atoms with Crippen LogP contribution in [-0.4, -0.2) is 17.3 Å². The number of nitrogens with zero attached hydrogens (tertiary/aromatic N) is 1. The molecule has 0 spiro atoms. The maximum absolute atomic E-state index is 11.9. The van der Waals surface area contributed by atoms with Gasteiger partial charge in [0.25, 0.3) is 5.91 Å². The molecule has 5 nitrogen and oxygen atoms in total. The summed E-state index contributed by atoms with van der Waals surface area (Å²) in [6, 6.07) is 11.0. The fraction of sp³-hybridized carbons (Fsp3) is 0.0769. The second-order valence-electron chi connectivity index (χ2n) is 3.75. The van der Waals surface area contributed by atoms with Crippen molar-refractivity contribution in [3.63, 3.8) is 0 Å². The number of hydrogen-bond acceptors (Lipinski definition) is 4. The van der Waals surface area contributed by atoms with Crippen LogP contribution in [0.3, 0.4) is 0 Å². The standard InChI is InChI=1S/C13H9F3N2O3/c14-13(15,16)21-18-11(19)10-7-4-8-17-12(10)20-9-5-2-1-3-6-9/h1-8H,(H,18,19). The number of halogens is 3. The summed E-state index contributed by atoms with van der Waals surface area (Å²) in [7, 11) is 0. The lowest BCUT2D eigenvalue weighted by Gasteiger charge is -2.11. The van der Waals surface area contributed by atoms with Crippen molar-refractivity contribution in [2.24, 2.45) is 0 Å². The van der Waals surface area contributed by atoms with Crippen LogP contribution in [0.2, 0.25) is 0 Å². The number of amides is 1. The zero-order valence-electron chi connectivity index (χ0n) is 10.4. The number of benzene rings is 1.